The quantitative estimate of drug-likeness (QED) is 0.470. The molecule has 1 atom stereocenters. The molecule has 4 rings (SSSR count). The first-order valence-electron chi connectivity index (χ1n) is 9.80. The maximum Gasteiger partial charge on any atom is 0.260 e. The minimum Gasteiger partial charge on any atom is -0.497 e. The normalized spacial score (nSPS) is 16.6. The molecule has 5 nitrogen and oxygen atoms in total. The minimum absolute atomic E-state index is 0.0619. The number of nitrogens with zero attached hydrogens (tertiary/aromatic N) is 1. The molecule has 3 N–H and O–H groups in total. The van der Waals surface area contributed by atoms with Crippen LogP contribution in [-0.4, -0.2) is 34.3 Å². The number of hydrogen-bond acceptors (Lipinski definition) is 4. The number of nitrogens with one attached hydrogen (secondary N) is 1. The van der Waals surface area contributed by atoms with Crippen molar-refractivity contribution >= 4 is 34.0 Å². The lowest BCUT2D eigenvalue weighted by Gasteiger charge is -2.39. The molecule has 0 amide bonds. The molecule has 1 aliphatic heterocycles. The molecule has 1 aromatic heterocycles. The SMILES string of the molecule is COc1ccc(C2c3[nH]c4ccc(N)cc4c3CCN2C(=S)OC(C)(C)C)cc1. The summed E-state index contributed by atoms with van der Waals surface area (Å²) < 4.78 is 11.4. The van der Waals surface area contributed by atoms with Gasteiger partial charge in [0.05, 0.1) is 13.2 Å². The van der Waals surface area contributed by atoms with E-state index in [2.05, 4.69) is 28.1 Å². The molecule has 2 aromatic carbocycles. The largest absolute Gasteiger partial charge is 0.497 e. The summed E-state index contributed by atoms with van der Waals surface area (Å²) in [7, 11) is 1.68. The van der Waals surface area contributed by atoms with Crippen molar-refractivity contribution < 1.29 is 9.47 Å². The van der Waals surface area contributed by atoms with Gasteiger partial charge in [0.25, 0.3) is 5.17 Å². The first-order chi connectivity index (χ1) is 13.8. The highest BCUT2D eigenvalue weighted by Gasteiger charge is 2.35. The van der Waals surface area contributed by atoms with Crippen molar-refractivity contribution in [1.29, 1.82) is 0 Å². The highest BCUT2D eigenvalue weighted by Crippen LogP contribution is 2.40. The van der Waals surface area contributed by atoms with Crippen LogP contribution < -0.4 is 10.5 Å². The van der Waals surface area contributed by atoms with Gasteiger partial charge in [0.1, 0.15) is 11.4 Å². The maximum atomic E-state index is 6.08. The predicted molar refractivity (Wildman–Crippen MR) is 121 cm³/mol. The second-order valence-electron chi connectivity index (χ2n) is 8.42. The molecule has 6 heteroatoms. The van der Waals surface area contributed by atoms with Crippen molar-refractivity contribution in [1.82, 2.24) is 9.88 Å². The number of H-pyrrole nitrogens is 1. The number of nitrogen functional groups attached to an aromatic ring is 1. The van der Waals surface area contributed by atoms with E-state index in [1.165, 1.54) is 10.9 Å². The first kappa shape index (κ1) is 19.6. The van der Waals surface area contributed by atoms with Crippen LogP contribution in [0.1, 0.15) is 43.6 Å². The van der Waals surface area contributed by atoms with Crippen molar-refractivity contribution in [2.24, 2.45) is 0 Å². The monoisotopic (exact) mass is 409 g/mol. The van der Waals surface area contributed by atoms with E-state index in [1.54, 1.807) is 7.11 Å². The topological polar surface area (TPSA) is 63.5 Å². The van der Waals surface area contributed by atoms with Crippen molar-refractivity contribution in [3.05, 3.63) is 59.3 Å². The van der Waals surface area contributed by atoms with Crippen LogP contribution in [0, 0.1) is 0 Å². The van der Waals surface area contributed by atoms with Gasteiger partial charge in [-0.05, 0) is 80.9 Å². The summed E-state index contributed by atoms with van der Waals surface area (Å²) in [5.74, 6) is 0.828. The van der Waals surface area contributed by atoms with E-state index >= 15 is 0 Å². The average molecular weight is 410 g/mol. The van der Waals surface area contributed by atoms with Crippen LogP contribution in [0.2, 0.25) is 0 Å². The van der Waals surface area contributed by atoms with Gasteiger partial charge in [-0.2, -0.15) is 0 Å². The molecule has 0 saturated carbocycles. The molecule has 0 radical (unpaired) electrons. The number of anilines is 1. The Morgan fingerprint density at radius 2 is 1.90 bits per heavy atom. The molecule has 1 unspecified atom stereocenters. The molecule has 0 bridgehead atoms. The van der Waals surface area contributed by atoms with Gasteiger partial charge < -0.3 is 25.1 Å². The second-order valence-corrected chi connectivity index (χ2v) is 8.77. The van der Waals surface area contributed by atoms with Crippen LogP contribution in [0.3, 0.4) is 0 Å². The zero-order chi connectivity index (χ0) is 20.8. The first-order valence-corrected chi connectivity index (χ1v) is 10.2. The number of hydrogen-bond donors (Lipinski definition) is 2. The molecule has 0 spiro atoms. The van der Waals surface area contributed by atoms with Crippen molar-refractivity contribution in [2.45, 2.75) is 38.8 Å². The number of benzene rings is 2. The highest BCUT2D eigenvalue weighted by atomic mass is 32.1. The predicted octanol–water partition coefficient (Wildman–Crippen LogP) is 4.81. The Hall–Kier alpha value is -2.73. The summed E-state index contributed by atoms with van der Waals surface area (Å²) in [6.07, 6.45) is 0.874. The van der Waals surface area contributed by atoms with Crippen LogP contribution >= 0.6 is 12.2 Å². The van der Waals surface area contributed by atoms with E-state index in [9.17, 15) is 0 Å². The number of fused-ring (bicyclic) bond motifs is 3. The Bertz CT molecular complexity index is 1050. The smallest absolute Gasteiger partial charge is 0.260 e. The summed E-state index contributed by atoms with van der Waals surface area (Å²) >= 11 is 5.72. The molecule has 1 aliphatic rings. The number of aromatic nitrogens is 1. The van der Waals surface area contributed by atoms with E-state index in [1.807, 2.05) is 45.0 Å². The standard InChI is InChI=1S/C23H27N3O2S/c1-23(2,3)28-22(29)26-12-11-17-18-13-15(24)7-10-19(18)25-20(17)21(26)14-5-8-16(27-4)9-6-14/h5-10,13,21,25H,11-12,24H2,1-4H3. The summed E-state index contributed by atoms with van der Waals surface area (Å²) in [6, 6.07) is 14.1. The third-order valence-electron chi connectivity index (χ3n) is 5.21. The molecule has 29 heavy (non-hydrogen) atoms. The zero-order valence-electron chi connectivity index (χ0n) is 17.3. The molecule has 152 valence electrons. The fourth-order valence-corrected chi connectivity index (χ4v) is 4.40. The summed E-state index contributed by atoms with van der Waals surface area (Å²) in [6.45, 7) is 6.83. The van der Waals surface area contributed by atoms with E-state index in [0.717, 1.165) is 41.2 Å². The van der Waals surface area contributed by atoms with E-state index in [4.69, 9.17) is 27.4 Å². The van der Waals surface area contributed by atoms with Gasteiger partial charge in [-0.3, -0.25) is 0 Å². The number of nitrogens with two attached hydrogens (primary N) is 1. The summed E-state index contributed by atoms with van der Waals surface area (Å²) in [4.78, 5) is 5.79. The van der Waals surface area contributed by atoms with Gasteiger partial charge in [-0.1, -0.05) is 12.1 Å². The molecular formula is C23H27N3O2S. The number of thiocarbonyl (C=S) groups is 1. The van der Waals surface area contributed by atoms with E-state index < -0.39 is 0 Å². The average Bonchev–Trinajstić information content (AvgIpc) is 3.04. The number of ether oxygens (including phenoxy) is 2. The summed E-state index contributed by atoms with van der Waals surface area (Å²) in [5, 5.41) is 1.70. The van der Waals surface area contributed by atoms with Gasteiger partial charge in [0.2, 0.25) is 0 Å². The molecule has 2 heterocycles. The Morgan fingerprint density at radius 3 is 2.55 bits per heavy atom. The lowest BCUT2D eigenvalue weighted by atomic mass is 9.92. The van der Waals surface area contributed by atoms with Crippen LogP contribution in [0.15, 0.2) is 42.5 Å². The highest BCUT2D eigenvalue weighted by molar-refractivity contribution is 7.80. The second kappa shape index (κ2) is 7.26. The Balaban J connectivity index is 1.83. The lowest BCUT2D eigenvalue weighted by molar-refractivity contribution is 0.0866. The number of rotatable bonds is 2. The van der Waals surface area contributed by atoms with Crippen LogP contribution in [0.4, 0.5) is 5.69 Å². The third-order valence-corrected chi connectivity index (χ3v) is 5.53. The number of methoxy groups -OCH3 is 1. The van der Waals surface area contributed by atoms with Gasteiger partial charge in [-0.15, -0.1) is 0 Å². The van der Waals surface area contributed by atoms with Crippen molar-refractivity contribution in [3.8, 4) is 5.75 Å². The Morgan fingerprint density at radius 1 is 1.17 bits per heavy atom. The Labute approximate surface area is 176 Å². The van der Waals surface area contributed by atoms with Gasteiger partial charge in [-0.25, -0.2) is 0 Å². The van der Waals surface area contributed by atoms with Gasteiger partial charge in [0, 0.05) is 28.8 Å². The molecule has 0 saturated heterocycles. The van der Waals surface area contributed by atoms with Crippen molar-refractivity contribution in [2.75, 3.05) is 19.4 Å². The molecular weight excluding hydrogens is 382 g/mol. The molecule has 3 aromatic rings. The minimum atomic E-state index is -0.350. The fourth-order valence-electron chi connectivity index (χ4n) is 3.96. The van der Waals surface area contributed by atoms with Crippen LogP contribution in [-0.2, 0) is 11.2 Å². The number of aromatic amines is 1. The Kier molecular flexibility index (Phi) is 4.90. The van der Waals surface area contributed by atoms with E-state index in [-0.39, 0.29) is 11.6 Å². The maximum absolute atomic E-state index is 6.08. The molecule has 0 fully saturated rings. The van der Waals surface area contributed by atoms with E-state index in [0.29, 0.717) is 5.17 Å². The fraction of sp³-hybridized carbons (Fsp3) is 0.348. The van der Waals surface area contributed by atoms with Gasteiger partial charge >= 0.3 is 0 Å². The summed E-state index contributed by atoms with van der Waals surface area (Å²) in [5.41, 5.74) is 11.1. The zero-order valence-corrected chi connectivity index (χ0v) is 18.1. The van der Waals surface area contributed by atoms with Crippen molar-refractivity contribution in [3.63, 3.8) is 0 Å². The van der Waals surface area contributed by atoms with Crippen LogP contribution in [0.5, 0.6) is 5.75 Å². The third kappa shape index (κ3) is 3.77. The lowest BCUT2D eigenvalue weighted by Crippen LogP contribution is -2.43. The molecule has 0 aliphatic carbocycles. The van der Waals surface area contributed by atoms with Gasteiger partial charge in [0.15, 0.2) is 0 Å². The van der Waals surface area contributed by atoms with Crippen LogP contribution in [0.25, 0.3) is 10.9 Å².